The first kappa shape index (κ1) is 21.9. The van der Waals surface area contributed by atoms with Gasteiger partial charge in [-0.1, -0.05) is 6.42 Å². The molecule has 0 saturated carbocycles. The Labute approximate surface area is 179 Å². The number of carbonyl (C=O) groups excluding carboxylic acids is 1. The highest BCUT2D eigenvalue weighted by Gasteiger charge is 2.24. The number of aryl methyl sites for hydroxylation is 1. The molecule has 0 bridgehead atoms. The van der Waals surface area contributed by atoms with Gasteiger partial charge in [-0.3, -0.25) is 4.79 Å². The third-order valence-electron chi connectivity index (χ3n) is 4.53. The molecule has 1 aromatic heterocycles. The fraction of sp³-hybridized carbons (Fsp3) is 0.526. The van der Waals surface area contributed by atoms with Crippen LogP contribution in [0.15, 0.2) is 27.6 Å². The van der Waals surface area contributed by atoms with Crippen LogP contribution in [0.25, 0.3) is 0 Å². The van der Waals surface area contributed by atoms with Gasteiger partial charge in [-0.2, -0.15) is 0 Å². The Hall–Kier alpha value is -1.78. The Morgan fingerprint density at radius 2 is 1.97 bits per heavy atom. The van der Waals surface area contributed by atoms with Crippen molar-refractivity contribution >= 4 is 31.9 Å². The quantitative estimate of drug-likeness (QED) is 0.679. The minimum absolute atomic E-state index is 0.0390. The van der Waals surface area contributed by atoms with Crippen molar-refractivity contribution in [3.63, 3.8) is 0 Å². The Bertz CT molecular complexity index is 1010. The normalized spacial score (nSPS) is 14.9. The summed E-state index contributed by atoms with van der Waals surface area (Å²) in [6, 6.07) is 4.40. The molecule has 0 saturated heterocycles. The minimum atomic E-state index is -3.74. The number of nitrogens with zero attached hydrogens (tertiary/aromatic N) is 3. The van der Waals surface area contributed by atoms with E-state index in [9.17, 15) is 13.2 Å². The van der Waals surface area contributed by atoms with Gasteiger partial charge >= 0.3 is 0 Å². The monoisotopic (exact) mass is 483 g/mol. The summed E-state index contributed by atoms with van der Waals surface area (Å²) in [5.41, 5.74) is -0.378. The zero-order valence-corrected chi connectivity index (χ0v) is 19.2. The molecule has 8 nitrogen and oxygen atoms in total. The van der Waals surface area contributed by atoms with Crippen LogP contribution in [0.2, 0.25) is 0 Å². The molecule has 1 amide bonds. The summed E-state index contributed by atoms with van der Waals surface area (Å²) >= 11 is 3.34. The maximum Gasteiger partial charge on any atom is 0.252 e. The van der Waals surface area contributed by atoms with Crippen molar-refractivity contribution in [1.29, 1.82) is 0 Å². The summed E-state index contributed by atoms with van der Waals surface area (Å²) in [6.07, 6.45) is 4.22. The highest BCUT2D eigenvalue weighted by Crippen LogP contribution is 2.22. The number of benzene rings is 1. The number of carbonyl (C=O) groups is 1. The molecule has 29 heavy (non-hydrogen) atoms. The zero-order valence-electron chi connectivity index (χ0n) is 16.8. The van der Waals surface area contributed by atoms with Gasteiger partial charge in [-0.05, 0) is 67.7 Å². The van der Waals surface area contributed by atoms with E-state index in [0.717, 1.165) is 38.1 Å². The molecule has 2 aromatic rings. The number of sulfonamides is 1. The maximum absolute atomic E-state index is 12.7. The van der Waals surface area contributed by atoms with Crippen LogP contribution in [-0.4, -0.2) is 34.6 Å². The van der Waals surface area contributed by atoms with Gasteiger partial charge in [-0.15, -0.1) is 10.2 Å². The van der Waals surface area contributed by atoms with E-state index in [-0.39, 0.29) is 22.9 Å². The van der Waals surface area contributed by atoms with E-state index < -0.39 is 15.6 Å². The third kappa shape index (κ3) is 5.43. The van der Waals surface area contributed by atoms with Crippen LogP contribution in [0.5, 0.6) is 0 Å². The van der Waals surface area contributed by atoms with Crippen LogP contribution in [0.3, 0.4) is 0 Å². The van der Waals surface area contributed by atoms with Gasteiger partial charge in [-0.25, -0.2) is 13.1 Å². The van der Waals surface area contributed by atoms with E-state index in [1.807, 2.05) is 0 Å². The lowest BCUT2D eigenvalue weighted by Crippen LogP contribution is -2.40. The van der Waals surface area contributed by atoms with Crippen LogP contribution >= 0.6 is 15.9 Å². The molecule has 0 fully saturated rings. The first-order valence-corrected chi connectivity index (χ1v) is 11.9. The third-order valence-corrected chi connectivity index (χ3v) is 6.97. The fourth-order valence-corrected chi connectivity index (χ4v) is 5.11. The number of nitrogens with one attached hydrogen (secondary N) is 2. The Morgan fingerprint density at radius 1 is 1.21 bits per heavy atom. The van der Waals surface area contributed by atoms with Gasteiger partial charge < -0.3 is 9.88 Å². The Balaban J connectivity index is 1.77. The first-order chi connectivity index (χ1) is 13.6. The molecule has 0 unspecified atom stereocenters. The number of fused-ring (bicyclic) bond motifs is 1. The van der Waals surface area contributed by atoms with Crippen molar-refractivity contribution in [1.82, 2.24) is 24.8 Å². The molecule has 1 aliphatic heterocycles. The van der Waals surface area contributed by atoms with Crippen molar-refractivity contribution in [3.05, 3.63) is 39.9 Å². The van der Waals surface area contributed by atoms with Crippen LogP contribution < -0.4 is 10.0 Å². The van der Waals surface area contributed by atoms with E-state index in [2.05, 4.69) is 40.7 Å². The van der Waals surface area contributed by atoms with Crippen LogP contribution in [0.1, 0.15) is 62.0 Å². The molecule has 1 aromatic carbocycles. The summed E-state index contributed by atoms with van der Waals surface area (Å²) in [5, 5.41) is 11.3. The molecule has 10 heteroatoms. The first-order valence-electron chi connectivity index (χ1n) is 9.59. The minimum Gasteiger partial charge on any atom is -0.345 e. The lowest BCUT2D eigenvalue weighted by atomic mass is 10.1. The average molecular weight is 484 g/mol. The summed E-state index contributed by atoms with van der Waals surface area (Å²) < 4.78 is 30.4. The SMILES string of the molecule is CC(C)(C)NS(=O)(=O)c1ccc(Br)c(C(=O)NCc2nnc3n2CCCCC3)c1. The number of halogens is 1. The van der Waals surface area contributed by atoms with Crippen molar-refractivity contribution in [3.8, 4) is 0 Å². The molecule has 0 spiro atoms. The van der Waals surface area contributed by atoms with E-state index in [1.54, 1.807) is 26.8 Å². The predicted octanol–water partition coefficient (Wildman–Crippen LogP) is 2.77. The number of hydrogen-bond acceptors (Lipinski definition) is 5. The lowest BCUT2D eigenvalue weighted by Gasteiger charge is -2.20. The Kier molecular flexibility index (Phi) is 6.45. The molecule has 2 N–H and O–H groups in total. The van der Waals surface area contributed by atoms with Crippen molar-refractivity contribution in [2.45, 2.75) is 70.0 Å². The standard InChI is InChI=1S/C19H26BrN5O3S/c1-19(2,3)24-29(27,28)13-8-9-15(20)14(11-13)18(26)21-12-17-23-22-16-7-5-4-6-10-25(16)17/h8-9,11,24H,4-7,10,12H2,1-3H3,(H,21,26). The predicted molar refractivity (Wildman–Crippen MR) is 113 cm³/mol. The summed E-state index contributed by atoms with van der Waals surface area (Å²) in [6.45, 7) is 6.37. The van der Waals surface area contributed by atoms with Gasteiger partial charge in [0.15, 0.2) is 5.82 Å². The van der Waals surface area contributed by atoms with Crippen LogP contribution in [0, 0.1) is 0 Å². The van der Waals surface area contributed by atoms with Gasteiger partial charge in [0.1, 0.15) is 5.82 Å². The van der Waals surface area contributed by atoms with Gasteiger partial charge in [0.25, 0.3) is 5.91 Å². The average Bonchev–Trinajstić information content (AvgIpc) is 2.84. The molecule has 3 rings (SSSR count). The van der Waals surface area contributed by atoms with E-state index >= 15 is 0 Å². The second-order valence-corrected chi connectivity index (χ2v) is 10.7. The van der Waals surface area contributed by atoms with Crippen molar-refractivity contribution in [2.24, 2.45) is 0 Å². The van der Waals surface area contributed by atoms with Crippen LogP contribution in [-0.2, 0) is 29.5 Å². The smallest absolute Gasteiger partial charge is 0.252 e. The van der Waals surface area contributed by atoms with Crippen molar-refractivity contribution < 1.29 is 13.2 Å². The molecule has 0 aliphatic carbocycles. The van der Waals surface area contributed by atoms with Gasteiger partial charge in [0.05, 0.1) is 17.0 Å². The molecular weight excluding hydrogens is 458 g/mol. The van der Waals surface area contributed by atoms with Crippen molar-refractivity contribution in [2.75, 3.05) is 0 Å². The fourth-order valence-electron chi connectivity index (χ4n) is 3.24. The van der Waals surface area contributed by atoms with E-state index in [1.165, 1.54) is 12.1 Å². The summed E-state index contributed by atoms with van der Waals surface area (Å²) in [7, 11) is -3.74. The van der Waals surface area contributed by atoms with Gasteiger partial charge in [0.2, 0.25) is 10.0 Å². The number of rotatable bonds is 5. The van der Waals surface area contributed by atoms with Crippen LogP contribution in [0.4, 0.5) is 0 Å². The second-order valence-electron chi connectivity index (χ2n) is 8.17. The zero-order chi connectivity index (χ0) is 21.2. The Morgan fingerprint density at radius 3 is 2.69 bits per heavy atom. The molecular formula is C19H26BrN5O3S. The van der Waals surface area contributed by atoms with E-state index in [4.69, 9.17) is 0 Å². The molecule has 158 valence electrons. The summed E-state index contributed by atoms with van der Waals surface area (Å²) in [4.78, 5) is 12.8. The highest BCUT2D eigenvalue weighted by molar-refractivity contribution is 9.10. The number of hydrogen-bond donors (Lipinski definition) is 2. The lowest BCUT2D eigenvalue weighted by molar-refractivity contribution is 0.0948. The topological polar surface area (TPSA) is 106 Å². The molecule has 2 heterocycles. The van der Waals surface area contributed by atoms with E-state index in [0.29, 0.717) is 10.3 Å². The summed E-state index contributed by atoms with van der Waals surface area (Å²) in [5.74, 6) is 1.29. The number of aromatic nitrogens is 3. The second kappa shape index (κ2) is 8.53. The number of amides is 1. The van der Waals surface area contributed by atoms with Gasteiger partial charge in [0, 0.05) is 23.0 Å². The maximum atomic E-state index is 12.7. The molecule has 0 radical (unpaired) electrons. The molecule has 0 atom stereocenters. The molecule has 1 aliphatic rings. The largest absolute Gasteiger partial charge is 0.345 e. The highest BCUT2D eigenvalue weighted by atomic mass is 79.9.